The highest BCUT2D eigenvalue weighted by atomic mass is 16.6. The number of nitrogens with zero attached hydrogens (tertiary/aromatic N) is 1. The predicted molar refractivity (Wildman–Crippen MR) is 87.7 cm³/mol. The minimum Gasteiger partial charge on any atom is -0.481 e. The maximum absolute atomic E-state index is 12.2. The summed E-state index contributed by atoms with van der Waals surface area (Å²) in [5.74, 6) is 0.244. The van der Waals surface area contributed by atoms with E-state index >= 15 is 0 Å². The molecule has 6 heteroatoms. The van der Waals surface area contributed by atoms with Crippen LogP contribution in [-0.4, -0.2) is 16.9 Å². The Kier molecular flexibility index (Phi) is 4.95. The summed E-state index contributed by atoms with van der Waals surface area (Å²) in [7, 11) is 0. The van der Waals surface area contributed by atoms with Crippen molar-refractivity contribution in [3.8, 4) is 5.75 Å². The van der Waals surface area contributed by atoms with E-state index in [9.17, 15) is 14.9 Å². The lowest BCUT2D eigenvalue weighted by atomic mass is 10.1. The first kappa shape index (κ1) is 16.5. The number of ether oxygens (including phenoxy) is 1. The molecular formula is C17H18N2O4. The van der Waals surface area contributed by atoms with Crippen molar-refractivity contribution in [3.05, 3.63) is 63.7 Å². The SMILES string of the molecule is Cc1cc(C)cc(O[C@@H](C)C(=O)Nc2cccc([N+](=O)[O-])c2)c1. The van der Waals surface area contributed by atoms with E-state index in [1.54, 1.807) is 13.0 Å². The molecule has 2 aromatic rings. The number of benzene rings is 2. The summed E-state index contributed by atoms with van der Waals surface area (Å²) in [6.45, 7) is 5.53. The second-order valence-electron chi connectivity index (χ2n) is 5.38. The van der Waals surface area contributed by atoms with Crippen LogP contribution < -0.4 is 10.1 Å². The van der Waals surface area contributed by atoms with Gasteiger partial charge in [-0.05, 0) is 50.1 Å². The molecule has 1 N–H and O–H groups in total. The molecule has 0 aliphatic carbocycles. The maximum atomic E-state index is 12.2. The van der Waals surface area contributed by atoms with Crippen molar-refractivity contribution < 1.29 is 14.5 Å². The van der Waals surface area contributed by atoms with E-state index in [2.05, 4.69) is 5.32 Å². The van der Waals surface area contributed by atoms with Crippen molar-refractivity contribution in [2.24, 2.45) is 0 Å². The molecule has 120 valence electrons. The third-order valence-corrected chi connectivity index (χ3v) is 3.20. The maximum Gasteiger partial charge on any atom is 0.271 e. The monoisotopic (exact) mass is 314 g/mol. The molecule has 0 aliphatic rings. The molecule has 0 radical (unpaired) electrons. The van der Waals surface area contributed by atoms with Crippen LogP contribution in [0.3, 0.4) is 0 Å². The number of nitrogens with one attached hydrogen (secondary N) is 1. The second kappa shape index (κ2) is 6.91. The molecule has 0 saturated heterocycles. The lowest BCUT2D eigenvalue weighted by Gasteiger charge is -2.15. The quantitative estimate of drug-likeness (QED) is 0.675. The number of anilines is 1. The van der Waals surface area contributed by atoms with Gasteiger partial charge in [-0.25, -0.2) is 0 Å². The van der Waals surface area contributed by atoms with Gasteiger partial charge in [0.05, 0.1) is 4.92 Å². The number of hydrogen-bond donors (Lipinski definition) is 1. The second-order valence-corrected chi connectivity index (χ2v) is 5.38. The van der Waals surface area contributed by atoms with Crippen molar-refractivity contribution >= 4 is 17.3 Å². The van der Waals surface area contributed by atoms with E-state index in [-0.39, 0.29) is 11.6 Å². The van der Waals surface area contributed by atoms with E-state index in [1.807, 2.05) is 32.0 Å². The number of nitro benzene ring substituents is 1. The number of carbonyl (C=O) groups excluding carboxylic acids is 1. The lowest BCUT2D eigenvalue weighted by molar-refractivity contribution is -0.384. The van der Waals surface area contributed by atoms with E-state index in [0.29, 0.717) is 11.4 Å². The number of nitro groups is 1. The van der Waals surface area contributed by atoms with Crippen LogP contribution in [0.1, 0.15) is 18.1 Å². The first-order valence-electron chi connectivity index (χ1n) is 7.15. The Hall–Kier alpha value is -2.89. The average Bonchev–Trinajstić information content (AvgIpc) is 2.46. The van der Waals surface area contributed by atoms with Crippen LogP contribution >= 0.6 is 0 Å². The summed E-state index contributed by atoms with van der Waals surface area (Å²) in [6.07, 6.45) is -0.726. The normalized spacial score (nSPS) is 11.6. The molecule has 0 aromatic heterocycles. The molecule has 2 rings (SSSR count). The molecule has 0 bridgehead atoms. The summed E-state index contributed by atoms with van der Waals surface area (Å²) in [6, 6.07) is 11.5. The number of rotatable bonds is 5. The summed E-state index contributed by atoms with van der Waals surface area (Å²) < 4.78 is 5.64. The summed E-state index contributed by atoms with van der Waals surface area (Å²) in [5.41, 5.74) is 2.38. The Morgan fingerprint density at radius 1 is 1.17 bits per heavy atom. The number of hydrogen-bond acceptors (Lipinski definition) is 4. The van der Waals surface area contributed by atoms with E-state index < -0.39 is 11.0 Å². The van der Waals surface area contributed by atoms with Crippen molar-refractivity contribution in [2.45, 2.75) is 26.9 Å². The van der Waals surface area contributed by atoms with E-state index in [0.717, 1.165) is 11.1 Å². The van der Waals surface area contributed by atoms with Crippen LogP contribution in [0.15, 0.2) is 42.5 Å². The standard InChI is InChI=1S/C17H18N2O4/c1-11-7-12(2)9-16(8-11)23-13(3)17(20)18-14-5-4-6-15(10-14)19(21)22/h4-10,13H,1-3H3,(H,18,20)/t13-/m0/s1. The lowest BCUT2D eigenvalue weighted by Crippen LogP contribution is -2.30. The fourth-order valence-electron chi connectivity index (χ4n) is 2.20. The fourth-order valence-corrected chi connectivity index (χ4v) is 2.20. The minimum absolute atomic E-state index is 0.0781. The van der Waals surface area contributed by atoms with Gasteiger partial charge in [0.1, 0.15) is 5.75 Å². The first-order chi connectivity index (χ1) is 10.8. The van der Waals surface area contributed by atoms with Gasteiger partial charge in [-0.1, -0.05) is 12.1 Å². The Bertz CT molecular complexity index is 723. The number of carbonyl (C=O) groups is 1. The zero-order chi connectivity index (χ0) is 17.0. The van der Waals surface area contributed by atoms with Gasteiger partial charge in [-0.2, -0.15) is 0 Å². The Balaban J connectivity index is 2.05. The van der Waals surface area contributed by atoms with Gasteiger partial charge in [0.15, 0.2) is 6.10 Å². The molecule has 6 nitrogen and oxygen atoms in total. The molecule has 2 aromatic carbocycles. The molecule has 0 heterocycles. The molecule has 1 amide bonds. The van der Waals surface area contributed by atoms with Gasteiger partial charge in [0.25, 0.3) is 11.6 Å². The van der Waals surface area contributed by atoms with Crippen LogP contribution in [0.5, 0.6) is 5.75 Å². The van der Waals surface area contributed by atoms with Crippen LogP contribution in [0.25, 0.3) is 0 Å². The molecule has 0 spiro atoms. The van der Waals surface area contributed by atoms with Gasteiger partial charge in [0, 0.05) is 17.8 Å². The van der Waals surface area contributed by atoms with E-state index in [1.165, 1.54) is 18.2 Å². The highest BCUT2D eigenvalue weighted by Gasteiger charge is 2.16. The third-order valence-electron chi connectivity index (χ3n) is 3.20. The van der Waals surface area contributed by atoms with Gasteiger partial charge in [-0.3, -0.25) is 14.9 Å². The fraction of sp³-hybridized carbons (Fsp3) is 0.235. The Morgan fingerprint density at radius 2 is 1.83 bits per heavy atom. The first-order valence-corrected chi connectivity index (χ1v) is 7.15. The van der Waals surface area contributed by atoms with E-state index in [4.69, 9.17) is 4.74 Å². The van der Waals surface area contributed by atoms with Gasteiger partial charge < -0.3 is 10.1 Å². The van der Waals surface area contributed by atoms with Gasteiger partial charge in [0.2, 0.25) is 0 Å². The zero-order valence-corrected chi connectivity index (χ0v) is 13.2. The Labute approximate surface area is 134 Å². The third kappa shape index (κ3) is 4.54. The predicted octanol–water partition coefficient (Wildman–Crippen LogP) is 3.62. The Morgan fingerprint density at radius 3 is 2.43 bits per heavy atom. The van der Waals surface area contributed by atoms with Crippen LogP contribution in [0.2, 0.25) is 0 Å². The highest BCUT2D eigenvalue weighted by Crippen LogP contribution is 2.20. The van der Waals surface area contributed by atoms with Crippen molar-refractivity contribution in [1.82, 2.24) is 0 Å². The largest absolute Gasteiger partial charge is 0.481 e. The van der Waals surface area contributed by atoms with Gasteiger partial charge in [-0.15, -0.1) is 0 Å². The number of non-ortho nitro benzene ring substituents is 1. The summed E-state index contributed by atoms with van der Waals surface area (Å²) >= 11 is 0. The van der Waals surface area contributed by atoms with Crippen molar-refractivity contribution in [3.63, 3.8) is 0 Å². The smallest absolute Gasteiger partial charge is 0.271 e. The van der Waals surface area contributed by atoms with Gasteiger partial charge >= 0.3 is 0 Å². The topological polar surface area (TPSA) is 81.5 Å². The van der Waals surface area contributed by atoms with Crippen LogP contribution in [-0.2, 0) is 4.79 Å². The number of amides is 1. The molecule has 0 unspecified atom stereocenters. The number of aryl methyl sites for hydroxylation is 2. The molecule has 0 aliphatic heterocycles. The molecule has 0 fully saturated rings. The molecule has 23 heavy (non-hydrogen) atoms. The summed E-state index contributed by atoms with van der Waals surface area (Å²) in [5, 5.41) is 13.4. The average molecular weight is 314 g/mol. The zero-order valence-electron chi connectivity index (χ0n) is 13.2. The van der Waals surface area contributed by atoms with Crippen molar-refractivity contribution in [1.29, 1.82) is 0 Å². The van der Waals surface area contributed by atoms with Crippen molar-refractivity contribution in [2.75, 3.05) is 5.32 Å². The molecular weight excluding hydrogens is 296 g/mol. The summed E-state index contributed by atoms with van der Waals surface area (Å²) in [4.78, 5) is 22.4. The van der Waals surface area contributed by atoms with Crippen LogP contribution in [0.4, 0.5) is 11.4 Å². The highest BCUT2D eigenvalue weighted by molar-refractivity contribution is 5.94. The van der Waals surface area contributed by atoms with Crippen LogP contribution in [0, 0.1) is 24.0 Å². The minimum atomic E-state index is -0.726. The molecule has 1 atom stereocenters. The molecule has 0 saturated carbocycles.